The lowest BCUT2D eigenvalue weighted by atomic mass is 9.95. The van der Waals surface area contributed by atoms with E-state index in [1.54, 1.807) is 19.1 Å². The van der Waals surface area contributed by atoms with Crippen LogP contribution in [0.15, 0.2) is 63.5 Å². The van der Waals surface area contributed by atoms with Crippen molar-refractivity contribution in [2.45, 2.75) is 26.3 Å². The van der Waals surface area contributed by atoms with E-state index < -0.39 is 18.0 Å². The summed E-state index contributed by atoms with van der Waals surface area (Å²) >= 11 is 3.35. The second-order valence-corrected chi connectivity index (χ2v) is 10.6. The summed E-state index contributed by atoms with van der Waals surface area (Å²) < 4.78 is 24.1. The molecule has 0 saturated carbocycles. The summed E-state index contributed by atoms with van der Waals surface area (Å²) in [6.07, 6.45) is 2.17. The van der Waals surface area contributed by atoms with Gasteiger partial charge in [-0.25, -0.2) is 14.6 Å². The Morgan fingerprint density at radius 1 is 1.15 bits per heavy atom. The number of methoxy groups -OCH3 is 2. The van der Waals surface area contributed by atoms with Gasteiger partial charge in [0.05, 0.1) is 42.7 Å². The first-order valence-corrected chi connectivity index (χ1v) is 14.1. The maximum absolute atomic E-state index is 13.9. The monoisotopic (exact) mass is 662 g/mol. The average Bonchev–Trinajstić information content (AvgIpc) is 3.25. The third-order valence-electron chi connectivity index (χ3n) is 5.96. The molecular weight excluding hydrogens is 635 g/mol. The van der Waals surface area contributed by atoms with Crippen molar-refractivity contribution >= 4 is 51.9 Å². The smallest absolute Gasteiger partial charge is 0.344 e. The number of aromatic nitrogens is 1. The lowest BCUT2D eigenvalue weighted by Gasteiger charge is -2.25. The molecule has 0 saturated heterocycles. The first kappa shape index (κ1) is 28.6. The minimum Gasteiger partial charge on any atom is -0.493 e. The topological polar surface area (TPSA) is 105 Å². The van der Waals surface area contributed by atoms with E-state index in [1.807, 2.05) is 43.3 Å². The van der Waals surface area contributed by atoms with Crippen LogP contribution in [0.3, 0.4) is 0 Å². The minimum atomic E-state index is -0.697. The maximum Gasteiger partial charge on any atom is 0.344 e. The normalized spacial score (nSPS) is 14.9. The molecule has 4 rings (SSSR count). The molecule has 204 valence electrons. The third-order valence-corrected chi connectivity index (χ3v) is 7.57. The van der Waals surface area contributed by atoms with E-state index in [9.17, 15) is 14.4 Å². The molecule has 3 aromatic rings. The van der Waals surface area contributed by atoms with Crippen LogP contribution in [0.5, 0.6) is 11.5 Å². The number of rotatable bonds is 9. The number of halogens is 1. The van der Waals surface area contributed by atoms with Crippen molar-refractivity contribution in [2.75, 3.05) is 27.4 Å². The SMILES string of the molecule is CCOC(=O)COc1c(/C=c2/sc3n(c2=O)[C@H](c2ccccc2)C(C(=O)OC)=C(CC)N=3)cc(I)cc1OC. The Hall–Kier alpha value is -3.45. The van der Waals surface area contributed by atoms with E-state index in [0.29, 0.717) is 44.1 Å². The van der Waals surface area contributed by atoms with Gasteiger partial charge in [-0.3, -0.25) is 9.36 Å². The lowest BCUT2D eigenvalue weighted by Crippen LogP contribution is -2.40. The largest absolute Gasteiger partial charge is 0.493 e. The van der Waals surface area contributed by atoms with Crippen LogP contribution in [0, 0.1) is 3.57 Å². The molecule has 2 aromatic carbocycles. The highest BCUT2D eigenvalue weighted by molar-refractivity contribution is 14.1. The van der Waals surface area contributed by atoms with Crippen LogP contribution >= 0.6 is 33.9 Å². The molecule has 0 N–H and O–H groups in total. The van der Waals surface area contributed by atoms with Crippen LogP contribution in [0.2, 0.25) is 0 Å². The number of ether oxygens (including phenoxy) is 4. The number of hydrogen-bond donors (Lipinski definition) is 0. The number of esters is 2. The fourth-order valence-electron chi connectivity index (χ4n) is 4.29. The van der Waals surface area contributed by atoms with Gasteiger partial charge in [0.25, 0.3) is 5.56 Å². The predicted octanol–water partition coefficient (Wildman–Crippen LogP) is 3.35. The van der Waals surface area contributed by atoms with Gasteiger partial charge in [-0.05, 0) is 59.7 Å². The van der Waals surface area contributed by atoms with Crippen molar-refractivity contribution in [3.8, 4) is 11.5 Å². The molecule has 1 aliphatic rings. The quantitative estimate of drug-likeness (QED) is 0.256. The first-order chi connectivity index (χ1) is 18.8. The van der Waals surface area contributed by atoms with Crippen molar-refractivity contribution in [1.29, 1.82) is 0 Å². The molecule has 0 bridgehead atoms. The van der Waals surface area contributed by atoms with E-state index in [2.05, 4.69) is 27.6 Å². The zero-order chi connectivity index (χ0) is 28.1. The first-order valence-electron chi connectivity index (χ1n) is 12.2. The van der Waals surface area contributed by atoms with Crippen LogP contribution in [-0.2, 0) is 19.1 Å². The highest BCUT2D eigenvalue weighted by Crippen LogP contribution is 2.35. The van der Waals surface area contributed by atoms with Crippen molar-refractivity contribution < 1.29 is 28.5 Å². The van der Waals surface area contributed by atoms with E-state index >= 15 is 0 Å². The Morgan fingerprint density at radius 3 is 2.54 bits per heavy atom. The van der Waals surface area contributed by atoms with Crippen molar-refractivity contribution in [3.63, 3.8) is 0 Å². The molecule has 1 aromatic heterocycles. The van der Waals surface area contributed by atoms with Crippen LogP contribution in [0.25, 0.3) is 6.08 Å². The second-order valence-electron chi connectivity index (χ2n) is 8.32. The van der Waals surface area contributed by atoms with Crippen molar-refractivity contribution in [1.82, 2.24) is 4.57 Å². The zero-order valence-corrected chi connectivity index (χ0v) is 24.8. The number of allylic oxidation sites excluding steroid dienone is 1. The summed E-state index contributed by atoms with van der Waals surface area (Å²) in [4.78, 5) is 44.0. The van der Waals surface area contributed by atoms with Gasteiger partial charge in [-0.15, -0.1) is 0 Å². The molecule has 0 radical (unpaired) electrons. The molecule has 0 aliphatic carbocycles. The summed E-state index contributed by atoms with van der Waals surface area (Å²) in [6.45, 7) is 3.54. The Morgan fingerprint density at radius 2 is 1.90 bits per heavy atom. The highest BCUT2D eigenvalue weighted by Gasteiger charge is 2.33. The summed E-state index contributed by atoms with van der Waals surface area (Å²) in [5.41, 5.74) is 1.89. The number of carbonyl (C=O) groups is 2. The zero-order valence-electron chi connectivity index (χ0n) is 21.9. The molecule has 9 nitrogen and oxygen atoms in total. The molecule has 0 spiro atoms. The number of nitrogens with zero attached hydrogens (tertiary/aromatic N) is 2. The summed E-state index contributed by atoms with van der Waals surface area (Å²) in [6, 6.07) is 12.2. The van der Waals surface area contributed by atoms with Gasteiger partial charge in [0.15, 0.2) is 22.9 Å². The summed E-state index contributed by atoms with van der Waals surface area (Å²) in [5, 5.41) is 0. The number of hydrogen-bond acceptors (Lipinski definition) is 9. The molecule has 39 heavy (non-hydrogen) atoms. The maximum atomic E-state index is 13.9. The predicted molar refractivity (Wildman–Crippen MR) is 155 cm³/mol. The van der Waals surface area contributed by atoms with E-state index in [1.165, 1.54) is 30.1 Å². The van der Waals surface area contributed by atoms with E-state index in [0.717, 1.165) is 9.13 Å². The lowest BCUT2D eigenvalue weighted by molar-refractivity contribution is -0.145. The molecule has 0 fully saturated rings. The number of thiazole rings is 1. The number of benzene rings is 2. The average molecular weight is 663 g/mol. The van der Waals surface area contributed by atoms with Crippen LogP contribution in [0.1, 0.15) is 37.4 Å². The molecule has 11 heteroatoms. The highest BCUT2D eigenvalue weighted by atomic mass is 127. The third kappa shape index (κ3) is 5.93. The molecule has 1 aliphatic heterocycles. The van der Waals surface area contributed by atoms with Crippen molar-refractivity contribution in [2.24, 2.45) is 4.99 Å². The Labute approximate surface area is 242 Å². The molecule has 2 heterocycles. The van der Waals surface area contributed by atoms with Gasteiger partial charge >= 0.3 is 11.9 Å². The van der Waals surface area contributed by atoms with Crippen LogP contribution < -0.4 is 24.4 Å². The Bertz CT molecular complexity index is 1610. The molecule has 0 unspecified atom stereocenters. The Kier molecular flexibility index (Phi) is 9.23. The van der Waals surface area contributed by atoms with Gasteiger partial charge in [-0.2, -0.15) is 0 Å². The second kappa shape index (κ2) is 12.6. The van der Waals surface area contributed by atoms with Crippen LogP contribution in [-0.4, -0.2) is 43.9 Å². The van der Waals surface area contributed by atoms with Crippen LogP contribution in [0.4, 0.5) is 0 Å². The fourth-order valence-corrected chi connectivity index (χ4v) is 5.92. The minimum absolute atomic E-state index is 0.232. The van der Waals surface area contributed by atoms with E-state index in [4.69, 9.17) is 18.9 Å². The number of carbonyl (C=O) groups excluding carboxylic acids is 2. The van der Waals surface area contributed by atoms with E-state index in [-0.39, 0.29) is 18.8 Å². The summed E-state index contributed by atoms with van der Waals surface area (Å²) in [7, 11) is 2.82. The Balaban J connectivity index is 1.93. The van der Waals surface area contributed by atoms with Gasteiger partial charge in [0.2, 0.25) is 0 Å². The van der Waals surface area contributed by atoms with Gasteiger partial charge in [-0.1, -0.05) is 48.6 Å². The molecular formula is C28H27IN2O7S. The molecule has 0 amide bonds. The van der Waals surface area contributed by atoms with Gasteiger partial charge in [0.1, 0.15) is 0 Å². The number of fused-ring (bicyclic) bond motifs is 1. The van der Waals surface area contributed by atoms with Gasteiger partial charge < -0.3 is 18.9 Å². The van der Waals surface area contributed by atoms with Crippen molar-refractivity contribution in [3.05, 3.63) is 88.1 Å². The summed E-state index contributed by atoms with van der Waals surface area (Å²) in [5.74, 6) is -0.334. The standard InChI is InChI=1S/C28H27IN2O7S/c1-5-19-23(27(34)36-4)24(16-10-8-7-9-11-16)31-26(33)21(39-28(31)30-19)13-17-12-18(29)14-20(35-3)25(17)38-15-22(32)37-6-2/h7-14,24H,5-6,15H2,1-4H3/b21-13+/t24-/m1/s1. The fraction of sp³-hybridized carbons (Fsp3) is 0.286. The van der Waals surface area contributed by atoms with Gasteiger partial charge in [0, 0.05) is 9.13 Å². The molecule has 1 atom stereocenters.